The van der Waals surface area contributed by atoms with E-state index in [1.54, 1.807) is 48.5 Å². The van der Waals surface area contributed by atoms with Crippen LogP contribution in [0.25, 0.3) is 0 Å². The van der Waals surface area contributed by atoms with Crippen molar-refractivity contribution in [3.05, 3.63) is 59.7 Å². The summed E-state index contributed by atoms with van der Waals surface area (Å²) in [7, 11) is 0. The third kappa shape index (κ3) is 2.46. The molecule has 3 nitrogen and oxygen atoms in total. The second-order valence-electron chi connectivity index (χ2n) is 4.86. The van der Waals surface area contributed by atoms with Crippen LogP contribution in [0.5, 0.6) is 11.5 Å². The van der Waals surface area contributed by atoms with E-state index in [2.05, 4.69) is 6.07 Å². The van der Waals surface area contributed by atoms with Crippen LogP contribution in [-0.2, 0) is 5.41 Å². The molecule has 0 aliphatic rings. The highest BCUT2D eigenvalue weighted by atomic mass is 16.3. The molecule has 0 amide bonds. The average Bonchev–Trinajstić information content (AvgIpc) is 2.47. The van der Waals surface area contributed by atoms with Gasteiger partial charge in [-0.25, -0.2) is 0 Å². The number of nitrogens with zero attached hydrogens (tertiary/aromatic N) is 1. The van der Waals surface area contributed by atoms with E-state index in [1.165, 1.54) is 0 Å². The van der Waals surface area contributed by atoms with E-state index in [9.17, 15) is 15.5 Å². The van der Waals surface area contributed by atoms with E-state index in [4.69, 9.17) is 0 Å². The highest BCUT2D eigenvalue weighted by Crippen LogP contribution is 2.37. The zero-order valence-electron chi connectivity index (χ0n) is 11.4. The predicted octanol–water partition coefficient (Wildman–Crippen LogP) is 3.71. The Labute approximate surface area is 118 Å². The first-order valence-electron chi connectivity index (χ1n) is 6.62. The summed E-state index contributed by atoms with van der Waals surface area (Å²) in [5, 5.41) is 28.6. The summed E-state index contributed by atoms with van der Waals surface area (Å²) < 4.78 is 0. The normalized spacial score (nSPS) is 11.0. The number of hydrogen-bond donors (Lipinski definition) is 2. The molecule has 0 fully saturated rings. The molecule has 3 heteroatoms. The number of benzene rings is 2. The molecule has 2 aromatic rings. The Hall–Kier alpha value is -2.47. The van der Waals surface area contributed by atoms with Crippen molar-refractivity contribution in [2.75, 3.05) is 0 Å². The summed E-state index contributed by atoms with van der Waals surface area (Å²) in [5.74, 6) is 0.366. The van der Waals surface area contributed by atoms with Crippen molar-refractivity contribution in [1.29, 1.82) is 5.26 Å². The van der Waals surface area contributed by atoms with Crippen molar-refractivity contribution in [2.24, 2.45) is 0 Å². The van der Waals surface area contributed by atoms with E-state index in [0.717, 1.165) is 17.5 Å². The zero-order valence-corrected chi connectivity index (χ0v) is 11.4. The SMILES string of the molecule is CCCC(C#N)(c1ccc(O)cc1)c1ccc(O)cc1. The summed E-state index contributed by atoms with van der Waals surface area (Å²) in [4.78, 5) is 0. The topological polar surface area (TPSA) is 64.2 Å². The van der Waals surface area contributed by atoms with Gasteiger partial charge >= 0.3 is 0 Å². The molecule has 2 N–H and O–H groups in total. The molecule has 0 saturated carbocycles. The Morgan fingerprint density at radius 2 is 1.30 bits per heavy atom. The number of rotatable bonds is 4. The van der Waals surface area contributed by atoms with Crippen LogP contribution in [0, 0.1) is 11.3 Å². The Kier molecular flexibility index (Phi) is 3.95. The van der Waals surface area contributed by atoms with Crippen LogP contribution < -0.4 is 0 Å². The third-order valence-corrected chi connectivity index (χ3v) is 3.54. The summed E-state index contributed by atoms with van der Waals surface area (Å²) in [6, 6.07) is 15.9. The zero-order chi connectivity index (χ0) is 14.6. The van der Waals surface area contributed by atoms with Gasteiger partial charge in [-0.15, -0.1) is 0 Å². The van der Waals surface area contributed by atoms with E-state index in [-0.39, 0.29) is 11.5 Å². The van der Waals surface area contributed by atoms with Gasteiger partial charge in [-0.2, -0.15) is 5.26 Å². The fraction of sp³-hybridized carbons (Fsp3) is 0.235. The molecule has 2 aromatic carbocycles. The quantitative estimate of drug-likeness (QED) is 0.887. The molecule has 0 bridgehead atoms. The molecule has 0 radical (unpaired) electrons. The largest absolute Gasteiger partial charge is 0.508 e. The smallest absolute Gasteiger partial charge is 0.115 e. The third-order valence-electron chi connectivity index (χ3n) is 3.54. The van der Waals surface area contributed by atoms with E-state index < -0.39 is 5.41 Å². The lowest BCUT2D eigenvalue weighted by Gasteiger charge is -2.27. The Bertz CT molecular complexity index is 563. The second-order valence-corrected chi connectivity index (χ2v) is 4.86. The van der Waals surface area contributed by atoms with Gasteiger partial charge in [0.05, 0.1) is 6.07 Å². The van der Waals surface area contributed by atoms with Gasteiger partial charge < -0.3 is 10.2 Å². The van der Waals surface area contributed by atoms with Crippen molar-refractivity contribution in [3.63, 3.8) is 0 Å². The summed E-state index contributed by atoms with van der Waals surface area (Å²) in [6.07, 6.45) is 1.54. The van der Waals surface area contributed by atoms with Crippen molar-refractivity contribution in [1.82, 2.24) is 0 Å². The first-order valence-corrected chi connectivity index (χ1v) is 6.62. The molecule has 0 saturated heterocycles. The molecular formula is C17H17NO2. The van der Waals surface area contributed by atoms with Crippen LogP contribution >= 0.6 is 0 Å². The molecule has 0 heterocycles. The number of aromatic hydroxyl groups is 2. The lowest BCUT2D eigenvalue weighted by Crippen LogP contribution is -2.25. The summed E-state index contributed by atoms with van der Waals surface area (Å²) in [6.45, 7) is 2.03. The number of phenols is 2. The maximum absolute atomic E-state index is 9.78. The molecule has 0 unspecified atom stereocenters. The molecule has 2 rings (SSSR count). The standard InChI is InChI=1S/C17H17NO2/c1-2-11-17(12-18,13-3-7-15(19)8-4-13)14-5-9-16(20)10-6-14/h3-10,19-20H,2,11H2,1H3. The summed E-state index contributed by atoms with van der Waals surface area (Å²) in [5.41, 5.74) is 0.951. The molecule has 0 spiro atoms. The fourth-order valence-electron chi connectivity index (χ4n) is 2.51. The minimum Gasteiger partial charge on any atom is -0.508 e. The van der Waals surface area contributed by atoms with E-state index in [0.29, 0.717) is 6.42 Å². The van der Waals surface area contributed by atoms with Gasteiger partial charge in [-0.1, -0.05) is 37.6 Å². The van der Waals surface area contributed by atoms with E-state index >= 15 is 0 Å². The maximum atomic E-state index is 9.78. The van der Waals surface area contributed by atoms with Crippen LogP contribution in [0.4, 0.5) is 0 Å². The molecule has 0 atom stereocenters. The minimum atomic E-state index is -0.754. The lowest BCUT2D eigenvalue weighted by molar-refractivity contribution is 0.473. The Morgan fingerprint density at radius 3 is 1.60 bits per heavy atom. The van der Waals surface area contributed by atoms with Crippen molar-refractivity contribution in [3.8, 4) is 17.6 Å². The molecule has 20 heavy (non-hydrogen) atoms. The molecule has 0 aliphatic carbocycles. The van der Waals surface area contributed by atoms with Gasteiger partial charge in [0.1, 0.15) is 16.9 Å². The van der Waals surface area contributed by atoms with Gasteiger partial charge in [0.15, 0.2) is 0 Å². The first-order chi connectivity index (χ1) is 9.62. The Morgan fingerprint density at radius 1 is 0.900 bits per heavy atom. The predicted molar refractivity (Wildman–Crippen MR) is 77.5 cm³/mol. The van der Waals surface area contributed by atoms with Crippen molar-refractivity contribution < 1.29 is 10.2 Å². The molecular weight excluding hydrogens is 250 g/mol. The van der Waals surface area contributed by atoms with E-state index in [1.807, 2.05) is 6.92 Å². The van der Waals surface area contributed by atoms with Gasteiger partial charge in [-0.05, 0) is 41.8 Å². The lowest BCUT2D eigenvalue weighted by atomic mass is 9.72. The van der Waals surface area contributed by atoms with Gasteiger partial charge in [0.25, 0.3) is 0 Å². The Balaban J connectivity index is 2.58. The first kappa shape index (κ1) is 14.0. The molecule has 0 aromatic heterocycles. The van der Waals surface area contributed by atoms with Crippen molar-refractivity contribution >= 4 is 0 Å². The number of nitriles is 1. The van der Waals surface area contributed by atoms with Crippen LogP contribution in [0.2, 0.25) is 0 Å². The highest BCUT2D eigenvalue weighted by Gasteiger charge is 2.33. The number of hydrogen-bond acceptors (Lipinski definition) is 3. The monoisotopic (exact) mass is 267 g/mol. The van der Waals surface area contributed by atoms with Gasteiger partial charge in [0, 0.05) is 0 Å². The van der Waals surface area contributed by atoms with Crippen LogP contribution in [0.3, 0.4) is 0 Å². The maximum Gasteiger partial charge on any atom is 0.115 e. The fourth-order valence-corrected chi connectivity index (χ4v) is 2.51. The van der Waals surface area contributed by atoms with Gasteiger partial charge in [0.2, 0.25) is 0 Å². The minimum absolute atomic E-state index is 0.183. The average molecular weight is 267 g/mol. The highest BCUT2D eigenvalue weighted by molar-refractivity contribution is 5.48. The second kappa shape index (κ2) is 5.66. The number of phenolic OH excluding ortho intramolecular Hbond substituents is 2. The van der Waals surface area contributed by atoms with Crippen LogP contribution in [0.15, 0.2) is 48.5 Å². The van der Waals surface area contributed by atoms with Gasteiger partial charge in [-0.3, -0.25) is 0 Å². The molecule has 102 valence electrons. The van der Waals surface area contributed by atoms with Crippen LogP contribution in [-0.4, -0.2) is 10.2 Å². The summed E-state index contributed by atoms with van der Waals surface area (Å²) >= 11 is 0. The van der Waals surface area contributed by atoms with Crippen molar-refractivity contribution in [2.45, 2.75) is 25.2 Å². The van der Waals surface area contributed by atoms with Crippen LogP contribution in [0.1, 0.15) is 30.9 Å². The molecule has 0 aliphatic heterocycles.